The van der Waals surface area contributed by atoms with E-state index in [1.807, 2.05) is 18.2 Å². The number of fused-ring (bicyclic) bond motifs is 1. The second-order valence-electron chi connectivity index (χ2n) is 5.75. The number of rotatable bonds is 5. The zero-order valence-electron chi connectivity index (χ0n) is 13.2. The van der Waals surface area contributed by atoms with Crippen molar-refractivity contribution in [1.29, 1.82) is 0 Å². The molecule has 4 rings (SSSR count). The van der Waals surface area contributed by atoms with Crippen LogP contribution in [0.15, 0.2) is 57.7 Å². The standard InChI is InChI=1S/C18H15N3O4/c22-17(9-14-12-4-1-2-5-13(12)18(23)20-14)19-10-11-8-16(25-21-11)15-6-3-7-24-15/h1-8,14H,9-10H2,(H,19,22)(H,20,23)/t14-/m1/s1. The predicted octanol–water partition coefficient (Wildman–Crippen LogP) is 2.43. The quantitative estimate of drug-likeness (QED) is 0.745. The second kappa shape index (κ2) is 6.27. The van der Waals surface area contributed by atoms with Crippen LogP contribution in [0.4, 0.5) is 0 Å². The summed E-state index contributed by atoms with van der Waals surface area (Å²) in [5, 5.41) is 9.52. The van der Waals surface area contributed by atoms with Gasteiger partial charge in [-0.25, -0.2) is 0 Å². The lowest BCUT2D eigenvalue weighted by molar-refractivity contribution is -0.121. The molecule has 7 heteroatoms. The molecule has 3 aromatic rings. The predicted molar refractivity (Wildman–Crippen MR) is 87.3 cm³/mol. The number of carbonyl (C=O) groups excluding carboxylic acids is 2. The van der Waals surface area contributed by atoms with Crippen molar-refractivity contribution in [1.82, 2.24) is 15.8 Å². The van der Waals surface area contributed by atoms with E-state index < -0.39 is 0 Å². The fourth-order valence-electron chi connectivity index (χ4n) is 2.86. The Kier molecular flexibility index (Phi) is 3.81. The van der Waals surface area contributed by atoms with Crippen molar-refractivity contribution < 1.29 is 18.5 Å². The molecule has 0 radical (unpaired) electrons. The lowest BCUT2D eigenvalue weighted by Gasteiger charge is -2.11. The molecule has 1 aromatic carbocycles. The summed E-state index contributed by atoms with van der Waals surface area (Å²) in [4.78, 5) is 24.1. The van der Waals surface area contributed by atoms with E-state index in [1.54, 1.807) is 30.5 Å². The zero-order valence-corrected chi connectivity index (χ0v) is 13.2. The summed E-state index contributed by atoms with van der Waals surface area (Å²) >= 11 is 0. The van der Waals surface area contributed by atoms with Crippen molar-refractivity contribution in [2.45, 2.75) is 19.0 Å². The molecule has 0 spiro atoms. The van der Waals surface area contributed by atoms with Crippen molar-refractivity contribution in [2.75, 3.05) is 0 Å². The maximum Gasteiger partial charge on any atom is 0.252 e. The fourth-order valence-corrected chi connectivity index (χ4v) is 2.86. The molecule has 0 fully saturated rings. The Balaban J connectivity index is 1.35. The van der Waals surface area contributed by atoms with Gasteiger partial charge in [-0.15, -0.1) is 0 Å². The Labute approximate surface area is 143 Å². The largest absolute Gasteiger partial charge is 0.461 e. The monoisotopic (exact) mass is 337 g/mol. The molecule has 2 N–H and O–H groups in total. The van der Waals surface area contributed by atoms with Gasteiger partial charge >= 0.3 is 0 Å². The molecular formula is C18H15N3O4. The molecule has 0 bridgehead atoms. The molecule has 1 aliphatic rings. The summed E-state index contributed by atoms with van der Waals surface area (Å²) in [6.07, 6.45) is 1.72. The third-order valence-corrected chi connectivity index (χ3v) is 4.07. The minimum atomic E-state index is -0.306. The molecule has 0 saturated carbocycles. The zero-order chi connectivity index (χ0) is 17.2. The first kappa shape index (κ1) is 15.2. The Morgan fingerprint density at radius 2 is 2.08 bits per heavy atom. The van der Waals surface area contributed by atoms with Gasteiger partial charge in [0.1, 0.15) is 5.69 Å². The highest BCUT2D eigenvalue weighted by Gasteiger charge is 2.29. The van der Waals surface area contributed by atoms with Crippen molar-refractivity contribution in [2.24, 2.45) is 0 Å². The van der Waals surface area contributed by atoms with Gasteiger partial charge in [-0.3, -0.25) is 9.59 Å². The van der Waals surface area contributed by atoms with E-state index in [9.17, 15) is 9.59 Å². The topological polar surface area (TPSA) is 97.4 Å². The number of nitrogens with zero attached hydrogens (tertiary/aromatic N) is 1. The first-order valence-electron chi connectivity index (χ1n) is 7.86. The van der Waals surface area contributed by atoms with Gasteiger partial charge in [0.05, 0.1) is 25.3 Å². The summed E-state index contributed by atoms with van der Waals surface area (Å²) in [7, 11) is 0. The van der Waals surface area contributed by atoms with Crippen molar-refractivity contribution in [3.05, 3.63) is 65.5 Å². The number of amides is 2. The van der Waals surface area contributed by atoms with Gasteiger partial charge in [0, 0.05) is 11.6 Å². The number of hydrogen-bond donors (Lipinski definition) is 2. The Hall–Kier alpha value is -3.35. The number of carbonyl (C=O) groups is 2. The van der Waals surface area contributed by atoms with E-state index in [2.05, 4.69) is 15.8 Å². The van der Waals surface area contributed by atoms with Gasteiger partial charge in [0.2, 0.25) is 11.7 Å². The number of hydrogen-bond acceptors (Lipinski definition) is 5. The lowest BCUT2D eigenvalue weighted by Crippen LogP contribution is -2.28. The third-order valence-electron chi connectivity index (χ3n) is 4.07. The van der Waals surface area contributed by atoms with Crippen molar-refractivity contribution in [3.63, 3.8) is 0 Å². The van der Waals surface area contributed by atoms with Crippen LogP contribution in [0.5, 0.6) is 0 Å². The first-order valence-corrected chi connectivity index (χ1v) is 7.86. The highest BCUT2D eigenvalue weighted by atomic mass is 16.5. The molecule has 25 heavy (non-hydrogen) atoms. The molecule has 2 aromatic heterocycles. The molecule has 1 aliphatic heterocycles. The van der Waals surface area contributed by atoms with Crippen LogP contribution < -0.4 is 10.6 Å². The average Bonchev–Trinajstić information content (AvgIpc) is 3.34. The maximum atomic E-state index is 12.2. The summed E-state index contributed by atoms with van der Waals surface area (Å²) in [6, 6.07) is 12.2. The van der Waals surface area contributed by atoms with Gasteiger partial charge in [-0.05, 0) is 23.8 Å². The number of benzene rings is 1. The van der Waals surface area contributed by atoms with Crippen LogP contribution >= 0.6 is 0 Å². The van der Waals surface area contributed by atoms with Crippen molar-refractivity contribution >= 4 is 11.8 Å². The van der Waals surface area contributed by atoms with Gasteiger partial charge in [0.15, 0.2) is 5.76 Å². The summed E-state index contributed by atoms with van der Waals surface area (Å²) in [5.74, 6) is 0.763. The van der Waals surface area contributed by atoms with Crippen LogP contribution in [0.25, 0.3) is 11.5 Å². The van der Waals surface area contributed by atoms with E-state index in [0.717, 1.165) is 5.56 Å². The summed E-state index contributed by atoms with van der Waals surface area (Å²) in [6.45, 7) is 0.241. The molecule has 2 amide bonds. The van der Waals surface area contributed by atoms with E-state index >= 15 is 0 Å². The normalized spacial score (nSPS) is 15.7. The third kappa shape index (κ3) is 3.03. The van der Waals surface area contributed by atoms with Gasteiger partial charge in [-0.2, -0.15) is 0 Å². The molecule has 0 aliphatic carbocycles. The summed E-state index contributed by atoms with van der Waals surface area (Å²) < 4.78 is 10.4. The SMILES string of the molecule is O=C(C[C@H]1NC(=O)c2ccccc21)NCc1cc(-c2ccco2)on1. The average molecular weight is 337 g/mol. The number of furan rings is 1. The van der Waals surface area contributed by atoms with E-state index in [-0.39, 0.29) is 30.8 Å². The number of aromatic nitrogens is 1. The first-order chi connectivity index (χ1) is 12.2. The molecule has 126 valence electrons. The van der Waals surface area contributed by atoms with Gasteiger partial charge < -0.3 is 19.6 Å². The molecule has 0 saturated heterocycles. The maximum absolute atomic E-state index is 12.2. The molecule has 7 nitrogen and oxygen atoms in total. The highest BCUT2D eigenvalue weighted by molar-refractivity contribution is 5.99. The minimum Gasteiger partial charge on any atom is -0.461 e. The molecule has 3 heterocycles. The van der Waals surface area contributed by atoms with Crippen LogP contribution in [0.3, 0.4) is 0 Å². The van der Waals surface area contributed by atoms with E-state index in [0.29, 0.717) is 22.8 Å². The number of nitrogens with one attached hydrogen (secondary N) is 2. The van der Waals surface area contributed by atoms with E-state index in [4.69, 9.17) is 8.94 Å². The van der Waals surface area contributed by atoms with Crippen LogP contribution in [0.2, 0.25) is 0 Å². The Bertz CT molecular complexity index is 914. The van der Waals surface area contributed by atoms with Gasteiger partial charge in [-0.1, -0.05) is 23.4 Å². The van der Waals surface area contributed by atoms with Crippen molar-refractivity contribution in [3.8, 4) is 11.5 Å². The molecule has 0 unspecified atom stereocenters. The van der Waals surface area contributed by atoms with Crippen LogP contribution in [-0.2, 0) is 11.3 Å². The molecular weight excluding hydrogens is 322 g/mol. The second-order valence-corrected chi connectivity index (χ2v) is 5.75. The van der Waals surface area contributed by atoms with Crippen LogP contribution in [0.1, 0.15) is 34.1 Å². The van der Waals surface area contributed by atoms with Crippen LogP contribution in [-0.4, -0.2) is 17.0 Å². The smallest absolute Gasteiger partial charge is 0.252 e. The lowest BCUT2D eigenvalue weighted by atomic mass is 10.0. The molecule has 1 atom stereocenters. The Morgan fingerprint density at radius 1 is 1.20 bits per heavy atom. The van der Waals surface area contributed by atoms with E-state index in [1.165, 1.54) is 0 Å². The Morgan fingerprint density at radius 3 is 2.92 bits per heavy atom. The minimum absolute atomic E-state index is 0.145. The highest BCUT2D eigenvalue weighted by Crippen LogP contribution is 2.27. The van der Waals surface area contributed by atoms with Crippen LogP contribution in [0, 0.1) is 0 Å². The fraction of sp³-hybridized carbons (Fsp3) is 0.167. The summed E-state index contributed by atoms with van der Waals surface area (Å²) in [5.41, 5.74) is 2.07. The van der Waals surface area contributed by atoms with Gasteiger partial charge in [0.25, 0.3) is 5.91 Å².